The molecule has 0 aliphatic heterocycles. The van der Waals surface area contributed by atoms with Crippen molar-refractivity contribution in [1.82, 2.24) is 4.98 Å². The zero-order chi connectivity index (χ0) is 15.2. The molecule has 0 bridgehead atoms. The van der Waals surface area contributed by atoms with Crippen molar-refractivity contribution < 1.29 is 0 Å². The molecule has 0 saturated carbocycles. The van der Waals surface area contributed by atoms with Gasteiger partial charge in [-0.05, 0) is 42.2 Å². The Balaban J connectivity index is 1.99. The lowest BCUT2D eigenvalue weighted by molar-refractivity contribution is 0.645. The van der Waals surface area contributed by atoms with E-state index in [1.807, 2.05) is 6.20 Å². The van der Waals surface area contributed by atoms with Crippen LogP contribution in [0.4, 0.5) is 5.82 Å². The van der Waals surface area contributed by atoms with Crippen molar-refractivity contribution in [2.75, 3.05) is 11.9 Å². The molecule has 0 aliphatic carbocycles. The second kappa shape index (κ2) is 7.57. The zero-order valence-electron chi connectivity index (χ0n) is 12.6. The van der Waals surface area contributed by atoms with Gasteiger partial charge in [0.25, 0.3) is 0 Å². The molecule has 112 valence electrons. The molecular formula is C17H22BrN3. The fourth-order valence-corrected chi connectivity index (χ4v) is 2.42. The standard InChI is InChI=1S/C17H22BrN3/c1-3-16(19)10-14-6-9-17(20-11-14)21(2)12-13-4-7-15(18)8-5-13/h4-9,11,16H,3,10,12,19H2,1-2H3. The van der Waals surface area contributed by atoms with E-state index in [4.69, 9.17) is 5.73 Å². The molecule has 0 aliphatic rings. The van der Waals surface area contributed by atoms with Gasteiger partial charge in [0.2, 0.25) is 0 Å². The number of hydrogen-bond donors (Lipinski definition) is 1. The van der Waals surface area contributed by atoms with Crippen LogP contribution < -0.4 is 10.6 Å². The average Bonchev–Trinajstić information content (AvgIpc) is 2.50. The van der Waals surface area contributed by atoms with Crippen LogP contribution in [-0.4, -0.2) is 18.1 Å². The summed E-state index contributed by atoms with van der Waals surface area (Å²) < 4.78 is 1.10. The summed E-state index contributed by atoms with van der Waals surface area (Å²) in [6.07, 6.45) is 3.81. The van der Waals surface area contributed by atoms with Crippen LogP contribution in [0.3, 0.4) is 0 Å². The van der Waals surface area contributed by atoms with Crippen LogP contribution in [0.5, 0.6) is 0 Å². The first-order valence-electron chi connectivity index (χ1n) is 7.24. The molecule has 0 saturated heterocycles. The van der Waals surface area contributed by atoms with Gasteiger partial charge in [0, 0.05) is 30.3 Å². The highest BCUT2D eigenvalue weighted by atomic mass is 79.9. The highest BCUT2D eigenvalue weighted by molar-refractivity contribution is 9.10. The lowest BCUT2D eigenvalue weighted by Crippen LogP contribution is -2.22. The Morgan fingerprint density at radius 3 is 2.38 bits per heavy atom. The summed E-state index contributed by atoms with van der Waals surface area (Å²) >= 11 is 3.45. The first-order chi connectivity index (χ1) is 10.1. The van der Waals surface area contributed by atoms with Gasteiger partial charge in [-0.25, -0.2) is 4.98 Å². The number of aromatic nitrogens is 1. The molecule has 2 rings (SSSR count). The molecule has 2 aromatic rings. The minimum atomic E-state index is 0.221. The fraction of sp³-hybridized carbons (Fsp3) is 0.353. The number of pyridine rings is 1. The molecule has 0 amide bonds. The van der Waals surface area contributed by atoms with Gasteiger partial charge in [0.1, 0.15) is 5.82 Å². The van der Waals surface area contributed by atoms with Crippen molar-refractivity contribution in [2.24, 2.45) is 5.73 Å². The summed E-state index contributed by atoms with van der Waals surface area (Å²) in [5.74, 6) is 0.978. The molecule has 1 unspecified atom stereocenters. The average molecular weight is 348 g/mol. The number of anilines is 1. The zero-order valence-corrected chi connectivity index (χ0v) is 14.2. The smallest absolute Gasteiger partial charge is 0.128 e. The quantitative estimate of drug-likeness (QED) is 0.864. The molecule has 1 aromatic heterocycles. The van der Waals surface area contributed by atoms with E-state index in [1.54, 1.807) is 0 Å². The Hall–Kier alpha value is -1.39. The van der Waals surface area contributed by atoms with Gasteiger partial charge in [-0.15, -0.1) is 0 Å². The molecule has 1 atom stereocenters. The summed E-state index contributed by atoms with van der Waals surface area (Å²) in [4.78, 5) is 6.69. The highest BCUT2D eigenvalue weighted by Gasteiger charge is 2.06. The second-order valence-corrected chi connectivity index (χ2v) is 6.30. The molecule has 0 spiro atoms. The van der Waals surface area contributed by atoms with Crippen LogP contribution in [0.2, 0.25) is 0 Å². The lowest BCUT2D eigenvalue weighted by Gasteiger charge is -2.19. The van der Waals surface area contributed by atoms with Crippen molar-refractivity contribution in [1.29, 1.82) is 0 Å². The molecule has 0 radical (unpaired) electrons. The molecule has 1 heterocycles. The van der Waals surface area contributed by atoms with Gasteiger partial charge in [0.05, 0.1) is 0 Å². The maximum atomic E-state index is 5.98. The van der Waals surface area contributed by atoms with E-state index in [0.717, 1.165) is 29.7 Å². The fourth-order valence-electron chi connectivity index (χ4n) is 2.15. The summed E-state index contributed by atoms with van der Waals surface area (Å²) in [5.41, 5.74) is 8.44. The van der Waals surface area contributed by atoms with Crippen LogP contribution in [0, 0.1) is 0 Å². The minimum absolute atomic E-state index is 0.221. The number of hydrogen-bond acceptors (Lipinski definition) is 3. The summed E-state index contributed by atoms with van der Waals surface area (Å²) in [5, 5.41) is 0. The van der Waals surface area contributed by atoms with Crippen LogP contribution in [0.25, 0.3) is 0 Å². The van der Waals surface area contributed by atoms with Crippen LogP contribution >= 0.6 is 15.9 Å². The largest absolute Gasteiger partial charge is 0.355 e. The first-order valence-corrected chi connectivity index (χ1v) is 8.04. The molecule has 4 heteroatoms. The third-order valence-electron chi connectivity index (χ3n) is 3.56. The summed E-state index contributed by atoms with van der Waals surface area (Å²) in [6, 6.07) is 12.8. The molecule has 2 N–H and O–H groups in total. The Morgan fingerprint density at radius 2 is 1.81 bits per heavy atom. The number of rotatable bonds is 6. The van der Waals surface area contributed by atoms with Gasteiger partial charge >= 0.3 is 0 Å². The topological polar surface area (TPSA) is 42.1 Å². The third kappa shape index (κ3) is 4.83. The third-order valence-corrected chi connectivity index (χ3v) is 4.08. The summed E-state index contributed by atoms with van der Waals surface area (Å²) in [7, 11) is 2.06. The SMILES string of the molecule is CCC(N)Cc1ccc(N(C)Cc2ccc(Br)cc2)nc1. The van der Waals surface area contributed by atoms with E-state index in [9.17, 15) is 0 Å². The number of nitrogens with zero attached hydrogens (tertiary/aromatic N) is 2. The van der Waals surface area contributed by atoms with E-state index in [-0.39, 0.29) is 6.04 Å². The van der Waals surface area contributed by atoms with E-state index < -0.39 is 0 Å². The van der Waals surface area contributed by atoms with Crippen molar-refractivity contribution in [3.8, 4) is 0 Å². The van der Waals surface area contributed by atoms with Gasteiger partial charge in [0.15, 0.2) is 0 Å². The number of benzene rings is 1. The second-order valence-electron chi connectivity index (χ2n) is 5.38. The van der Waals surface area contributed by atoms with E-state index in [1.165, 1.54) is 11.1 Å². The maximum absolute atomic E-state index is 5.98. The van der Waals surface area contributed by atoms with Crippen LogP contribution in [0.1, 0.15) is 24.5 Å². The number of nitrogens with two attached hydrogens (primary N) is 1. The molecule has 1 aromatic carbocycles. The normalized spacial score (nSPS) is 12.2. The monoisotopic (exact) mass is 347 g/mol. The van der Waals surface area contributed by atoms with Gasteiger partial charge in [-0.1, -0.05) is 41.1 Å². The Kier molecular flexibility index (Phi) is 5.76. The summed E-state index contributed by atoms with van der Waals surface area (Å²) in [6.45, 7) is 2.95. The van der Waals surface area contributed by atoms with Gasteiger partial charge < -0.3 is 10.6 Å². The Labute approximate surface area is 135 Å². The van der Waals surface area contributed by atoms with E-state index in [0.29, 0.717) is 0 Å². The Bertz CT molecular complexity index is 551. The van der Waals surface area contributed by atoms with Crippen LogP contribution in [0.15, 0.2) is 47.1 Å². The van der Waals surface area contributed by atoms with Crippen molar-refractivity contribution in [3.63, 3.8) is 0 Å². The van der Waals surface area contributed by atoms with Gasteiger partial charge in [-0.2, -0.15) is 0 Å². The molecule has 21 heavy (non-hydrogen) atoms. The lowest BCUT2D eigenvalue weighted by atomic mass is 10.1. The van der Waals surface area contributed by atoms with Crippen molar-refractivity contribution >= 4 is 21.7 Å². The molecular weight excluding hydrogens is 326 g/mol. The highest BCUT2D eigenvalue weighted by Crippen LogP contribution is 2.16. The van der Waals surface area contributed by atoms with E-state index >= 15 is 0 Å². The molecule has 0 fully saturated rings. The first kappa shape index (κ1) is 16.0. The van der Waals surface area contributed by atoms with Gasteiger partial charge in [-0.3, -0.25) is 0 Å². The maximum Gasteiger partial charge on any atom is 0.128 e. The van der Waals surface area contributed by atoms with E-state index in [2.05, 4.69) is 76.2 Å². The minimum Gasteiger partial charge on any atom is -0.355 e. The van der Waals surface area contributed by atoms with Crippen molar-refractivity contribution in [3.05, 3.63) is 58.2 Å². The van der Waals surface area contributed by atoms with Crippen molar-refractivity contribution in [2.45, 2.75) is 32.4 Å². The predicted octanol–water partition coefficient (Wildman–Crippen LogP) is 3.76. The predicted molar refractivity (Wildman–Crippen MR) is 92.5 cm³/mol. The number of halogens is 1. The molecule has 3 nitrogen and oxygen atoms in total. The van der Waals surface area contributed by atoms with Crippen LogP contribution in [-0.2, 0) is 13.0 Å². The Morgan fingerprint density at radius 1 is 1.14 bits per heavy atom.